The third kappa shape index (κ3) is 4.95. The van der Waals surface area contributed by atoms with Gasteiger partial charge < -0.3 is 14.4 Å². The Bertz CT molecular complexity index is 801. The standard InChI is InChI=1S/C18H19FN2O4S/c1-21(10-12-6-7-15(24-2)14(19)9-12)16(22)11-25-18(23)13-5-4-8-20-17(13)26-3/h4-9H,10-11H2,1-3H3. The first kappa shape index (κ1) is 19.7. The topological polar surface area (TPSA) is 68.7 Å². The third-order valence-electron chi connectivity index (χ3n) is 3.57. The number of aromatic nitrogens is 1. The van der Waals surface area contributed by atoms with E-state index in [4.69, 9.17) is 9.47 Å². The Kier molecular flexibility index (Phi) is 6.97. The number of rotatable bonds is 7. The fraction of sp³-hybridized carbons (Fsp3) is 0.278. The van der Waals surface area contributed by atoms with E-state index in [1.54, 1.807) is 37.7 Å². The van der Waals surface area contributed by atoms with Crippen LogP contribution in [-0.4, -0.2) is 48.8 Å². The van der Waals surface area contributed by atoms with Gasteiger partial charge in [0, 0.05) is 19.8 Å². The second kappa shape index (κ2) is 9.19. The SMILES string of the molecule is COc1ccc(CN(C)C(=O)COC(=O)c2cccnc2SC)cc1F. The van der Waals surface area contributed by atoms with Gasteiger partial charge in [-0.25, -0.2) is 14.2 Å². The fourth-order valence-electron chi connectivity index (χ4n) is 2.19. The molecule has 0 aliphatic carbocycles. The second-order valence-electron chi connectivity index (χ2n) is 5.36. The largest absolute Gasteiger partial charge is 0.494 e. The fourth-order valence-corrected chi connectivity index (χ4v) is 2.73. The first-order valence-corrected chi connectivity index (χ1v) is 8.91. The van der Waals surface area contributed by atoms with Gasteiger partial charge in [-0.15, -0.1) is 11.8 Å². The molecule has 0 radical (unpaired) electrons. The van der Waals surface area contributed by atoms with E-state index < -0.39 is 24.3 Å². The molecule has 0 unspecified atom stereocenters. The van der Waals surface area contributed by atoms with Gasteiger partial charge in [0.1, 0.15) is 5.03 Å². The van der Waals surface area contributed by atoms with Crippen LogP contribution in [0.1, 0.15) is 15.9 Å². The van der Waals surface area contributed by atoms with Crippen LogP contribution in [0.3, 0.4) is 0 Å². The number of amides is 1. The summed E-state index contributed by atoms with van der Waals surface area (Å²) in [6, 6.07) is 7.68. The van der Waals surface area contributed by atoms with Crippen LogP contribution in [0.4, 0.5) is 4.39 Å². The van der Waals surface area contributed by atoms with Crippen LogP contribution in [0.5, 0.6) is 5.75 Å². The van der Waals surface area contributed by atoms with Crippen molar-refractivity contribution in [1.82, 2.24) is 9.88 Å². The minimum atomic E-state index is -0.611. The predicted molar refractivity (Wildman–Crippen MR) is 95.7 cm³/mol. The van der Waals surface area contributed by atoms with Crippen LogP contribution in [0.2, 0.25) is 0 Å². The summed E-state index contributed by atoms with van der Waals surface area (Å²) in [6.45, 7) is -0.225. The maximum Gasteiger partial charge on any atom is 0.341 e. The van der Waals surface area contributed by atoms with Crippen LogP contribution in [-0.2, 0) is 16.1 Å². The first-order valence-electron chi connectivity index (χ1n) is 7.68. The van der Waals surface area contributed by atoms with Gasteiger partial charge in [-0.2, -0.15) is 0 Å². The van der Waals surface area contributed by atoms with Crippen LogP contribution in [0.15, 0.2) is 41.6 Å². The highest BCUT2D eigenvalue weighted by atomic mass is 32.2. The van der Waals surface area contributed by atoms with E-state index >= 15 is 0 Å². The van der Waals surface area contributed by atoms with E-state index in [9.17, 15) is 14.0 Å². The van der Waals surface area contributed by atoms with Crippen LogP contribution >= 0.6 is 11.8 Å². The number of pyridine rings is 1. The number of hydrogen-bond donors (Lipinski definition) is 0. The van der Waals surface area contributed by atoms with E-state index in [1.807, 2.05) is 0 Å². The van der Waals surface area contributed by atoms with Crippen molar-refractivity contribution in [3.8, 4) is 5.75 Å². The van der Waals surface area contributed by atoms with Crippen molar-refractivity contribution in [2.75, 3.05) is 27.0 Å². The molecule has 0 spiro atoms. The highest BCUT2D eigenvalue weighted by molar-refractivity contribution is 7.98. The van der Waals surface area contributed by atoms with Gasteiger partial charge in [0.2, 0.25) is 0 Å². The highest BCUT2D eigenvalue weighted by Gasteiger charge is 2.17. The average molecular weight is 378 g/mol. The van der Waals surface area contributed by atoms with Gasteiger partial charge in [0.05, 0.1) is 12.7 Å². The zero-order chi connectivity index (χ0) is 19.1. The summed E-state index contributed by atoms with van der Waals surface area (Å²) in [5, 5.41) is 0.534. The molecular weight excluding hydrogens is 359 g/mol. The summed E-state index contributed by atoms with van der Waals surface area (Å²) in [6.07, 6.45) is 3.38. The van der Waals surface area contributed by atoms with Gasteiger partial charge in [-0.05, 0) is 36.1 Å². The second-order valence-corrected chi connectivity index (χ2v) is 6.15. The minimum Gasteiger partial charge on any atom is -0.494 e. The lowest BCUT2D eigenvalue weighted by Crippen LogP contribution is -2.31. The molecule has 0 aliphatic heterocycles. The lowest BCUT2D eigenvalue weighted by Gasteiger charge is -2.17. The third-order valence-corrected chi connectivity index (χ3v) is 4.28. The number of halogens is 1. The molecule has 1 aromatic heterocycles. The number of ether oxygens (including phenoxy) is 2. The predicted octanol–water partition coefficient (Wildman–Crippen LogP) is 2.77. The lowest BCUT2D eigenvalue weighted by atomic mass is 10.2. The molecule has 26 heavy (non-hydrogen) atoms. The maximum atomic E-state index is 13.7. The average Bonchev–Trinajstić information content (AvgIpc) is 2.65. The molecule has 2 rings (SSSR count). The molecule has 1 amide bonds. The summed E-state index contributed by atoms with van der Waals surface area (Å²) in [5.74, 6) is -1.37. The molecule has 2 aromatic rings. The number of thioether (sulfide) groups is 1. The molecule has 0 fully saturated rings. The Morgan fingerprint density at radius 2 is 2.08 bits per heavy atom. The molecule has 0 saturated carbocycles. The Balaban J connectivity index is 1.92. The first-order chi connectivity index (χ1) is 12.5. The van der Waals surface area contributed by atoms with E-state index in [2.05, 4.69) is 4.98 Å². The van der Waals surface area contributed by atoms with Crippen molar-refractivity contribution in [2.24, 2.45) is 0 Å². The lowest BCUT2D eigenvalue weighted by molar-refractivity contribution is -0.133. The van der Waals surface area contributed by atoms with Crippen LogP contribution < -0.4 is 4.74 Å². The smallest absolute Gasteiger partial charge is 0.341 e. The van der Waals surface area contributed by atoms with E-state index in [1.165, 1.54) is 35.9 Å². The van der Waals surface area contributed by atoms with Crippen molar-refractivity contribution < 1.29 is 23.5 Å². The molecule has 0 bridgehead atoms. The molecule has 1 heterocycles. The van der Waals surface area contributed by atoms with Crippen molar-refractivity contribution in [1.29, 1.82) is 0 Å². The Morgan fingerprint density at radius 3 is 2.73 bits per heavy atom. The Labute approximate surface area is 155 Å². The summed E-state index contributed by atoms with van der Waals surface area (Å²) >= 11 is 1.32. The summed E-state index contributed by atoms with van der Waals surface area (Å²) < 4.78 is 23.6. The number of carbonyl (C=O) groups is 2. The number of hydrogen-bond acceptors (Lipinski definition) is 6. The summed E-state index contributed by atoms with van der Waals surface area (Å²) in [7, 11) is 2.93. The minimum absolute atomic E-state index is 0.137. The number of likely N-dealkylation sites (N-methyl/N-ethyl adjacent to an activating group) is 1. The zero-order valence-corrected chi connectivity index (χ0v) is 15.5. The summed E-state index contributed by atoms with van der Waals surface area (Å²) in [4.78, 5) is 29.7. The van der Waals surface area contributed by atoms with Gasteiger partial charge in [0.15, 0.2) is 18.2 Å². The number of esters is 1. The van der Waals surface area contributed by atoms with Crippen LogP contribution in [0.25, 0.3) is 0 Å². The van der Waals surface area contributed by atoms with Gasteiger partial charge in [0.25, 0.3) is 5.91 Å². The number of carbonyl (C=O) groups excluding carboxylic acids is 2. The Hall–Kier alpha value is -2.61. The molecule has 0 N–H and O–H groups in total. The van der Waals surface area contributed by atoms with Gasteiger partial charge >= 0.3 is 5.97 Å². The van der Waals surface area contributed by atoms with E-state index in [0.717, 1.165) is 0 Å². The molecule has 138 valence electrons. The quantitative estimate of drug-likeness (QED) is 0.545. The monoisotopic (exact) mass is 378 g/mol. The van der Waals surface area contributed by atoms with Gasteiger partial charge in [-0.3, -0.25) is 4.79 Å². The molecule has 1 aromatic carbocycles. The van der Waals surface area contributed by atoms with E-state index in [-0.39, 0.29) is 12.3 Å². The van der Waals surface area contributed by atoms with Crippen molar-refractivity contribution in [3.05, 3.63) is 53.5 Å². The number of methoxy groups -OCH3 is 1. The Morgan fingerprint density at radius 1 is 1.31 bits per heavy atom. The zero-order valence-electron chi connectivity index (χ0n) is 14.7. The molecule has 6 nitrogen and oxygen atoms in total. The van der Waals surface area contributed by atoms with Crippen molar-refractivity contribution >= 4 is 23.6 Å². The molecule has 0 saturated heterocycles. The highest BCUT2D eigenvalue weighted by Crippen LogP contribution is 2.19. The maximum absolute atomic E-state index is 13.7. The van der Waals surface area contributed by atoms with Crippen molar-refractivity contribution in [3.63, 3.8) is 0 Å². The molecule has 0 atom stereocenters. The van der Waals surface area contributed by atoms with E-state index in [0.29, 0.717) is 16.2 Å². The van der Waals surface area contributed by atoms with Crippen molar-refractivity contribution in [2.45, 2.75) is 11.6 Å². The molecule has 0 aliphatic rings. The van der Waals surface area contributed by atoms with Gasteiger partial charge in [-0.1, -0.05) is 6.07 Å². The van der Waals surface area contributed by atoms with Crippen LogP contribution in [0, 0.1) is 5.82 Å². The molecule has 8 heteroatoms. The summed E-state index contributed by atoms with van der Waals surface area (Å²) in [5.41, 5.74) is 0.912. The molecular formula is C18H19FN2O4S. The number of nitrogens with zero attached hydrogens (tertiary/aromatic N) is 2. The normalized spacial score (nSPS) is 10.3. The number of benzene rings is 1.